The average molecular weight is 326 g/mol. The number of aldehydes is 1. The molecule has 1 N–H and O–H groups in total. The fourth-order valence-corrected chi connectivity index (χ4v) is 2.56. The second-order valence-electron chi connectivity index (χ2n) is 3.72. The molecule has 0 saturated heterocycles. The van der Waals surface area contributed by atoms with Crippen molar-refractivity contribution in [2.75, 3.05) is 5.32 Å². The first-order valence-electron chi connectivity index (χ1n) is 5.34. The van der Waals surface area contributed by atoms with Crippen molar-refractivity contribution in [1.82, 2.24) is 18.7 Å². The van der Waals surface area contributed by atoms with E-state index in [4.69, 9.17) is 23.2 Å². The summed E-state index contributed by atoms with van der Waals surface area (Å²) in [6.45, 7) is 0. The van der Waals surface area contributed by atoms with E-state index in [-0.39, 0.29) is 16.5 Å². The number of aromatic nitrogens is 4. The SMILES string of the molecule is O=Cc1c(Cl)ncnc1Nc1c(Cl)ccc2nsnc12. The van der Waals surface area contributed by atoms with E-state index in [9.17, 15) is 4.79 Å². The Bertz CT molecular complexity index is 807. The Morgan fingerprint density at radius 2 is 2.05 bits per heavy atom. The van der Waals surface area contributed by atoms with Crippen LogP contribution in [0.25, 0.3) is 11.0 Å². The maximum Gasteiger partial charge on any atom is 0.156 e. The van der Waals surface area contributed by atoms with Crippen LogP contribution >= 0.6 is 34.9 Å². The van der Waals surface area contributed by atoms with Crippen LogP contribution in [0.3, 0.4) is 0 Å². The summed E-state index contributed by atoms with van der Waals surface area (Å²) in [5.74, 6) is 0.266. The average Bonchev–Trinajstić information content (AvgIpc) is 2.91. The van der Waals surface area contributed by atoms with Crippen LogP contribution in [0.1, 0.15) is 10.4 Å². The van der Waals surface area contributed by atoms with Crippen LogP contribution in [0.4, 0.5) is 11.5 Å². The molecule has 0 radical (unpaired) electrons. The zero-order chi connectivity index (χ0) is 14.1. The number of nitrogens with zero attached hydrogens (tertiary/aromatic N) is 4. The first-order valence-corrected chi connectivity index (χ1v) is 6.83. The maximum absolute atomic E-state index is 11.1. The molecule has 0 spiro atoms. The molecule has 0 bridgehead atoms. The molecule has 0 aliphatic rings. The maximum atomic E-state index is 11.1. The van der Waals surface area contributed by atoms with Crippen molar-refractivity contribution >= 4 is 63.8 Å². The van der Waals surface area contributed by atoms with Gasteiger partial charge in [-0.15, -0.1) is 0 Å². The summed E-state index contributed by atoms with van der Waals surface area (Å²) in [7, 11) is 0. The highest BCUT2D eigenvalue weighted by Crippen LogP contribution is 2.33. The Hall–Kier alpha value is -1.83. The predicted molar refractivity (Wildman–Crippen MR) is 78.1 cm³/mol. The summed E-state index contributed by atoms with van der Waals surface area (Å²) in [6, 6.07) is 3.46. The lowest BCUT2D eigenvalue weighted by atomic mass is 10.2. The number of halogens is 2. The molecule has 0 fully saturated rings. The normalized spacial score (nSPS) is 10.7. The van der Waals surface area contributed by atoms with Gasteiger partial charge >= 0.3 is 0 Å². The van der Waals surface area contributed by atoms with Gasteiger partial charge in [0.2, 0.25) is 0 Å². The lowest BCUT2D eigenvalue weighted by Crippen LogP contribution is -2.01. The number of rotatable bonds is 3. The number of nitrogens with one attached hydrogen (secondary N) is 1. The Kier molecular flexibility index (Phi) is 3.47. The molecule has 100 valence electrons. The van der Waals surface area contributed by atoms with Gasteiger partial charge in [-0.2, -0.15) is 8.75 Å². The number of fused-ring (bicyclic) bond motifs is 1. The van der Waals surface area contributed by atoms with E-state index >= 15 is 0 Å². The van der Waals surface area contributed by atoms with E-state index in [1.807, 2.05) is 0 Å². The van der Waals surface area contributed by atoms with Gasteiger partial charge in [-0.1, -0.05) is 23.2 Å². The van der Waals surface area contributed by atoms with Crippen molar-refractivity contribution < 1.29 is 4.79 Å². The summed E-state index contributed by atoms with van der Waals surface area (Å²) in [5.41, 5.74) is 1.99. The van der Waals surface area contributed by atoms with Gasteiger partial charge in [-0.3, -0.25) is 4.79 Å². The van der Waals surface area contributed by atoms with Gasteiger partial charge in [0.1, 0.15) is 28.3 Å². The first kappa shape index (κ1) is 13.2. The van der Waals surface area contributed by atoms with Gasteiger partial charge in [0, 0.05) is 0 Å². The predicted octanol–water partition coefficient (Wildman–Crippen LogP) is 3.34. The van der Waals surface area contributed by atoms with Crippen molar-refractivity contribution in [3.63, 3.8) is 0 Å². The molecule has 0 aliphatic heterocycles. The third kappa shape index (κ3) is 2.20. The molecule has 9 heteroatoms. The Balaban J connectivity index is 2.14. The lowest BCUT2D eigenvalue weighted by Gasteiger charge is -2.09. The number of carbonyl (C=O) groups is 1. The van der Waals surface area contributed by atoms with Gasteiger partial charge in [-0.05, 0) is 12.1 Å². The fourth-order valence-electron chi connectivity index (χ4n) is 1.64. The van der Waals surface area contributed by atoms with Crippen molar-refractivity contribution in [1.29, 1.82) is 0 Å². The van der Waals surface area contributed by atoms with E-state index < -0.39 is 0 Å². The summed E-state index contributed by atoms with van der Waals surface area (Å²) in [5, 5.41) is 3.48. The monoisotopic (exact) mass is 325 g/mol. The smallest absolute Gasteiger partial charge is 0.156 e. The third-order valence-electron chi connectivity index (χ3n) is 2.57. The van der Waals surface area contributed by atoms with Crippen molar-refractivity contribution in [3.05, 3.63) is 34.2 Å². The fraction of sp³-hybridized carbons (Fsp3) is 0. The molecule has 0 unspecified atom stereocenters. The van der Waals surface area contributed by atoms with Gasteiger partial charge < -0.3 is 5.32 Å². The van der Waals surface area contributed by atoms with Gasteiger partial charge in [0.05, 0.1) is 28.0 Å². The molecule has 0 amide bonds. The largest absolute Gasteiger partial charge is 0.336 e. The molecule has 0 atom stereocenters. The number of carbonyl (C=O) groups excluding carboxylic acids is 1. The molecule has 1 aromatic carbocycles. The van der Waals surface area contributed by atoms with Gasteiger partial charge in [0.25, 0.3) is 0 Å². The first-order chi connectivity index (χ1) is 9.70. The molecule has 0 saturated carbocycles. The molecule has 6 nitrogen and oxygen atoms in total. The van der Waals surface area contributed by atoms with Crippen LogP contribution in [0, 0.1) is 0 Å². The number of hydrogen-bond donors (Lipinski definition) is 1. The number of anilines is 2. The summed E-state index contributed by atoms with van der Waals surface area (Å²) in [4.78, 5) is 18.8. The van der Waals surface area contributed by atoms with Gasteiger partial charge in [-0.25, -0.2) is 9.97 Å². The standard InChI is InChI=1S/C11H5Cl2N5OS/c12-6-1-2-7-9(18-20-17-7)8(6)16-11-5(3-19)10(13)14-4-15-11/h1-4H,(H,14,15,16). The molecule has 3 aromatic rings. The van der Waals surface area contributed by atoms with Crippen LogP contribution in [-0.2, 0) is 0 Å². The molecule has 2 heterocycles. The highest BCUT2D eigenvalue weighted by atomic mass is 35.5. The van der Waals surface area contributed by atoms with Crippen LogP contribution in [0.5, 0.6) is 0 Å². The van der Waals surface area contributed by atoms with Crippen molar-refractivity contribution in [3.8, 4) is 0 Å². The van der Waals surface area contributed by atoms with E-state index in [1.165, 1.54) is 6.33 Å². The quantitative estimate of drug-likeness (QED) is 0.587. The van der Waals surface area contributed by atoms with E-state index in [0.29, 0.717) is 28.0 Å². The van der Waals surface area contributed by atoms with Crippen LogP contribution < -0.4 is 5.32 Å². The Labute approximate surface area is 127 Å². The van der Waals surface area contributed by atoms with Crippen LogP contribution in [0.15, 0.2) is 18.5 Å². The molecule has 3 rings (SSSR count). The second kappa shape index (κ2) is 5.28. The van der Waals surface area contributed by atoms with E-state index in [0.717, 1.165) is 11.7 Å². The molecular formula is C11H5Cl2N5OS. The van der Waals surface area contributed by atoms with E-state index in [1.54, 1.807) is 12.1 Å². The molecule has 2 aromatic heterocycles. The minimum absolute atomic E-state index is 0.0669. The minimum Gasteiger partial charge on any atom is -0.336 e. The zero-order valence-corrected chi connectivity index (χ0v) is 12.0. The third-order valence-corrected chi connectivity index (χ3v) is 3.73. The highest BCUT2D eigenvalue weighted by Gasteiger charge is 2.14. The molecule has 0 aliphatic carbocycles. The van der Waals surface area contributed by atoms with Crippen LogP contribution in [0.2, 0.25) is 10.2 Å². The summed E-state index contributed by atoms with van der Waals surface area (Å²) in [6.07, 6.45) is 1.84. The number of hydrogen-bond acceptors (Lipinski definition) is 7. The second-order valence-corrected chi connectivity index (χ2v) is 5.02. The molecular weight excluding hydrogens is 321 g/mol. The summed E-state index contributed by atoms with van der Waals surface area (Å²) < 4.78 is 8.30. The highest BCUT2D eigenvalue weighted by molar-refractivity contribution is 7.00. The van der Waals surface area contributed by atoms with Gasteiger partial charge in [0.15, 0.2) is 6.29 Å². The minimum atomic E-state index is 0.0669. The Morgan fingerprint density at radius 3 is 2.85 bits per heavy atom. The topological polar surface area (TPSA) is 80.7 Å². The van der Waals surface area contributed by atoms with E-state index in [2.05, 4.69) is 24.0 Å². The summed E-state index contributed by atoms with van der Waals surface area (Å²) >= 11 is 13.1. The zero-order valence-electron chi connectivity index (χ0n) is 9.67. The lowest BCUT2D eigenvalue weighted by molar-refractivity contribution is 0.112. The molecule has 20 heavy (non-hydrogen) atoms. The van der Waals surface area contributed by atoms with Crippen molar-refractivity contribution in [2.45, 2.75) is 0 Å². The van der Waals surface area contributed by atoms with Crippen LogP contribution in [-0.4, -0.2) is 25.0 Å². The van der Waals surface area contributed by atoms with Crippen molar-refractivity contribution in [2.24, 2.45) is 0 Å². The number of benzene rings is 1. The Morgan fingerprint density at radius 1 is 1.20 bits per heavy atom.